The third kappa shape index (κ3) is 55.2. The van der Waals surface area contributed by atoms with E-state index in [4.69, 9.17) is 4.74 Å². The van der Waals surface area contributed by atoms with E-state index in [1.165, 1.54) is 187 Å². The Labute approximate surface area is 283 Å². The molecule has 0 saturated carbocycles. The van der Waals surface area contributed by atoms with Crippen molar-refractivity contribution in [1.29, 1.82) is 0 Å². The number of carbonyl (C=O) groups is 1. The van der Waals surface area contributed by atoms with E-state index in [9.17, 15) is 4.79 Å². The highest BCUT2D eigenvalue weighted by molar-refractivity contribution is 5.66. The van der Waals surface area contributed by atoms with Crippen LogP contribution < -0.4 is 0 Å². The minimum atomic E-state index is -0.329. The van der Waals surface area contributed by atoms with Gasteiger partial charge in [0, 0.05) is 20.1 Å². The minimum Gasteiger partial charge on any atom is -0.435 e. The summed E-state index contributed by atoms with van der Waals surface area (Å²) in [4.78, 5) is 9.75. The van der Waals surface area contributed by atoms with Gasteiger partial charge in [0.2, 0.25) is 0 Å². The predicted molar refractivity (Wildman–Crippen MR) is 203 cm³/mol. The Balaban J connectivity index is -0.00000195. The van der Waals surface area contributed by atoms with E-state index in [0.29, 0.717) is 0 Å². The maximum absolute atomic E-state index is 9.75. The molecule has 0 bridgehead atoms. The quantitative estimate of drug-likeness (QED) is 0.0312. The standard InChI is InChI=1S/C36H70O.C4H6O2.C2H4/c1-3-5-7-9-11-13-15-17-19-21-23-25-27-29-31-33-35-37-36-34-32-30-28-26-24-22-20-18-16-14-12-10-8-6-4-2;1-3-6-4(2)5;1-2/h17-20H,3-16,21-36H2,1-2H3;3H,1H2,2H3;1-2H2. The van der Waals surface area contributed by atoms with Gasteiger partial charge in [-0.25, -0.2) is 0 Å². The number of carbonyl (C=O) groups excluding carboxylic acids is 1. The Morgan fingerprint density at radius 3 is 0.978 bits per heavy atom. The zero-order chi connectivity index (χ0) is 33.7. The molecule has 0 heterocycles. The Hall–Kier alpha value is -1.61. The van der Waals surface area contributed by atoms with Gasteiger partial charge in [0.05, 0.1) is 6.26 Å². The molecule has 266 valence electrons. The lowest BCUT2D eigenvalue weighted by Crippen LogP contribution is -1.97. The van der Waals surface area contributed by atoms with E-state index < -0.39 is 0 Å². The van der Waals surface area contributed by atoms with Crippen molar-refractivity contribution < 1.29 is 14.3 Å². The molecule has 0 N–H and O–H groups in total. The molecule has 0 unspecified atom stereocenters. The van der Waals surface area contributed by atoms with Crippen LogP contribution in [0, 0.1) is 0 Å². The largest absolute Gasteiger partial charge is 0.435 e. The molecule has 0 aromatic heterocycles. The van der Waals surface area contributed by atoms with Crippen molar-refractivity contribution in [3.05, 3.63) is 50.3 Å². The molecule has 0 aromatic carbocycles. The number of hydrogen-bond acceptors (Lipinski definition) is 3. The van der Waals surface area contributed by atoms with E-state index in [2.05, 4.69) is 62.6 Å². The highest BCUT2D eigenvalue weighted by Gasteiger charge is 1.95. The van der Waals surface area contributed by atoms with Crippen molar-refractivity contribution in [1.82, 2.24) is 0 Å². The molecule has 0 amide bonds. The predicted octanol–water partition coefficient (Wildman–Crippen LogP) is 14.6. The molecule has 0 fully saturated rings. The van der Waals surface area contributed by atoms with Crippen molar-refractivity contribution in [2.75, 3.05) is 13.2 Å². The van der Waals surface area contributed by atoms with Gasteiger partial charge < -0.3 is 9.47 Å². The zero-order valence-electron chi connectivity index (χ0n) is 30.9. The Bertz CT molecular complexity index is 555. The van der Waals surface area contributed by atoms with Crippen LogP contribution in [0.1, 0.15) is 201 Å². The van der Waals surface area contributed by atoms with Crippen molar-refractivity contribution in [2.45, 2.75) is 201 Å². The second kappa shape index (κ2) is 49.3. The van der Waals surface area contributed by atoms with Crippen LogP contribution in [0.25, 0.3) is 0 Å². The van der Waals surface area contributed by atoms with Crippen LogP contribution in [-0.2, 0) is 14.3 Å². The maximum Gasteiger partial charge on any atom is 0.307 e. The summed E-state index contributed by atoms with van der Waals surface area (Å²) in [5.41, 5.74) is 0. The van der Waals surface area contributed by atoms with E-state index in [1.54, 1.807) is 0 Å². The number of ether oxygens (including phenoxy) is 2. The van der Waals surface area contributed by atoms with E-state index >= 15 is 0 Å². The first-order valence-electron chi connectivity index (χ1n) is 19.3. The Morgan fingerprint density at radius 2 is 0.733 bits per heavy atom. The molecule has 0 rings (SSSR count). The first-order chi connectivity index (χ1) is 22.2. The number of unbranched alkanes of at least 4 members (excludes halogenated alkanes) is 24. The molecule has 45 heavy (non-hydrogen) atoms. The molecule has 0 saturated heterocycles. The van der Waals surface area contributed by atoms with Crippen molar-refractivity contribution in [2.24, 2.45) is 0 Å². The molecule has 3 heteroatoms. The summed E-state index contributed by atoms with van der Waals surface area (Å²) < 4.78 is 10.0. The average molecular weight is 633 g/mol. The van der Waals surface area contributed by atoms with Crippen LogP contribution in [0.3, 0.4) is 0 Å². The lowest BCUT2D eigenvalue weighted by atomic mass is 10.1. The van der Waals surface area contributed by atoms with Gasteiger partial charge >= 0.3 is 5.97 Å². The van der Waals surface area contributed by atoms with Crippen LogP contribution in [-0.4, -0.2) is 19.2 Å². The topological polar surface area (TPSA) is 35.5 Å². The molecule has 3 nitrogen and oxygen atoms in total. The SMILES string of the molecule is C=C.C=COC(C)=O.CCCCCCCCC=CCCCCCCCCOCCCCCCCCC=CCCCCCCCC. The summed E-state index contributed by atoms with van der Waals surface area (Å²) >= 11 is 0. The summed E-state index contributed by atoms with van der Waals surface area (Å²) in [5.74, 6) is -0.329. The highest BCUT2D eigenvalue weighted by Crippen LogP contribution is 2.12. The van der Waals surface area contributed by atoms with E-state index in [-0.39, 0.29) is 5.97 Å². The van der Waals surface area contributed by atoms with Gasteiger partial charge in [-0.05, 0) is 64.2 Å². The first-order valence-corrected chi connectivity index (χ1v) is 19.3. The van der Waals surface area contributed by atoms with Crippen LogP contribution in [0.4, 0.5) is 0 Å². The molecule has 0 atom stereocenters. The van der Waals surface area contributed by atoms with Crippen molar-refractivity contribution in [3.63, 3.8) is 0 Å². The number of rotatable bonds is 33. The fourth-order valence-electron chi connectivity index (χ4n) is 5.12. The van der Waals surface area contributed by atoms with Gasteiger partial charge in [-0.15, -0.1) is 13.2 Å². The normalized spacial score (nSPS) is 10.8. The average Bonchev–Trinajstić information content (AvgIpc) is 3.04. The van der Waals surface area contributed by atoms with Crippen molar-refractivity contribution >= 4 is 5.97 Å². The maximum atomic E-state index is 9.75. The summed E-state index contributed by atoms with van der Waals surface area (Å²) in [7, 11) is 0. The molecule has 0 aromatic rings. The van der Waals surface area contributed by atoms with E-state index in [0.717, 1.165) is 19.5 Å². The highest BCUT2D eigenvalue weighted by atomic mass is 16.5. The van der Waals surface area contributed by atoms with Gasteiger partial charge in [0.15, 0.2) is 0 Å². The van der Waals surface area contributed by atoms with Crippen LogP contribution in [0.15, 0.2) is 50.3 Å². The van der Waals surface area contributed by atoms with Crippen LogP contribution >= 0.6 is 0 Å². The molecular formula is C42H80O3. The second-order valence-electron chi connectivity index (χ2n) is 12.3. The second-order valence-corrected chi connectivity index (χ2v) is 12.3. The van der Waals surface area contributed by atoms with Gasteiger partial charge in [0.25, 0.3) is 0 Å². The molecule has 0 aliphatic carbocycles. The third-order valence-electron chi connectivity index (χ3n) is 7.85. The van der Waals surface area contributed by atoms with E-state index in [1.807, 2.05) is 0 Å². The Kier molecular flexibility index (Phi) is 52.3. The van der Waals surface area contributed by atoms with Gasteiger partial charge in [0.1, 0.15) is 0 Å². The summed E-state index contributed by atoms with van der Waals surface area (Å²) in [5, 5.41) is 0. The molecule has 0 radical (unpaired) electrons. The van der Waals surface area contributed by atoms with Gasteiger partial charge in [-0.1, -0.05) is 160 Å². The van der Waals surface area contributed by atoms with Crippen LogP contribution in [0.2, 0.25) is 0 Å². The Morgan fingerprint density at radius 1 is 0.467 bits per heavy atom. The summed E-state index contributed by atoms with van der Waals surface area (Å²) in [6, 6.07) is 0. The number of allylic oxidation sites excluding steroid dienone is 4. The molecule has 0 spiro atoms. The summed E-state index contributed by atoms with van der Waals surface area (Å²) in [6.07, 6.45) is 49.2. The van der Waals surface area contributed by atoms with Gasteiger partial charge in [-0.3, -0.25) is 4.79 Å². The minimum absolute atomic E-state index is 0.329. The first kappa shape index (κ1) is 47.8. The summed E-state index contributed by atoms with van der Waals surface area (Å²) in [6.45, 7) is 17.0. The number of hydrogen-bond donors (Lipinski definition) is 0. The zero-order valence-corrected chi connectivity index (χ0v) is 30.9. The van der Waals surface area contributed by atoms with Gasteiger partial charge in [-0.2, -0.15) is 0 Å². The van der Waals surface area contributed by atoms with Crippen molar-refractivity contribution in [3.8, 4) is 0 Å². The molecular weight excluding hydrogens is 552 g/mol. The fraction of sp³-hybridized carbons (Fsp3) is 0.786. The lowest BCUT2D eigenvalue weighted by molar-refractivity contribution is -0.135. The fourth-order valence-corrected chi connectivity index (χ4v) is 5.12. The number of esters is 1. The molecule has 0 aliphatic heterocycles. The molecule has 0 aliphatic rings. The third-order valence-corrected chi connectivity index (χ3v) is 7.85. The monoisotopic (exact) mass is 633 g/mol. The van der Waals surface area contributed by atoms with Crippen LogP contribution in [0.5, 0.6) is 0 Å². The lowest BCUT2D eigenvalue weighted by Gasteiger charge is -2.05. The smallest absolute Gasteiger partial charge is 0.307 e.